The van der Waals surface area contributed by atoms with E-state index >= 15 is 0 Å². The van der Waals surface area contributed by atoms with Crippen LogP contribution in [0.15, 0.2) is 49.2 Å². The van der Waals surface area contributed by atoms with Crippen molar-refractivity contribution in [2.75, 3.05) is 18.0 Å². The van der Waals surface area contributed by atoms with Gasteiger partial charge in [-0.25, -0.2) is 4.98 Å². The molecule has 0 bridgehead atoms. The minimum absolute atomic E-state index is 0.472. The van der Waals surface area contributed by atoms with Crippen molar-refractivity contribution in [2.24, 2.45) is 7.05 Å². The smallest absolute Gasteiger partial charge is 0.136 e. The Morgan fingerprint density at radius 2 is 1.92 bits per heavy atom. The number of rotatable bonds is 3. The Hall–Kier alpha value is -2.76. The topological polar surface area (TPSA) is 59.7 Å². The van der Waals surface area contributed by atoms with E-state index in [1.165, 1.54) is 0 Å². The van der Waals surface area contributed by atoms with Crippen molar-refractivity contribution < 1.29 is 0 Å². The van der Waals surface area contributed by atoms with E-state index in [1.807, 2.05) is 36.1 Å². The van der Waals surface area contributed by atoms with E-state index in [-0.39, 0.29) is 0 Å². The van der Waals surface area contributed by atoms with E-state index in [0.717, 1.165) is 48.7 Å². The lowest BCUT2D eigenvalue weighted by atomic mass is 9.95. The van der Waals surface area contributed by atoms with Crippen molar-refractivity contribution in [3.63, 3.8) is 0 Å². The molecule has 6 nitrogen and oxygen atoms in total. The zero-order valence-electron chi connectivity index (χ0n) is 13.7. The van der Waals surface area contributed by atoms with Gasteiger partial charge in [0, 0.05) is 55.8 Å². The predicted molar refractivity (Wildman–Crippen MR) is 92.7 cm³/mol. The zero-order valence-corrected chi connectivity index (χ0v) is 13.7. The highest BCUT2D eigenvalue weighted by molar-refractivity contribution is 5.75. The van der Waals surface area contributed by atoms with Gasteiger partial charge in [0.15, 0.2) is 0 Å². The Bertz CT molecular complexity index is 805. The number of piperidine rings is 1. The fraction of sp³-hybridized carbons (Fsp3) is 0.333. The van der Waals surface area contributed by atoms with Crippen molar-refractivity contribution in [1.82, 2.24) is 24.7 Å². The second-order valence-corrected chi connectivity index (χ2v) is 6.18. The van der Waals surface area contributed by atoms with Gasteiger partial charge in [-0.15, -0.1) is 10.2 Å². The first kappa shape index (κ1) is 14.8. The van der Waals surface area contributed by atoms with Crippen LogP contribution in [0.4, 0.5) is 5.82 Å². The molecule has 0 saturated carbocycles. The quantitative estimate of drug-likeness (QED) is 0.742. The molecule has 1 fully saturated rings. The first-order chi connectivity index (χ1) is 11.8. The van der Waals surface area contributed by atoms with Crippen molar-refractivity contribution in [2.45, 2.75) is 18.8 Å². The molecule has 1 aliphatic heterocycles. The van der Waals surface area contributed by atoms with Gasteiger partial charge >= 0.3 is 0 Å². The van der Waals surface area contributed by atoms with Gasteiger partial charge in [-0.05, 0) is 31.0 Å². The highest BCUT2D eigenvalue weighted by Crippen LogP contribution is 2.33. The number of nitrogens with zero attached hydrogens (tertiary/aromatic N) is 6. The molecule has 4 rings (SSSR count). The van der Waals surface area contributed by atoms with Crippen LogP contribution in [0, 0.1) is 0 Å². The molecule has 0 unspecified atom stereocenters. The minimum atomic E-state index is 0.472. The van der Waals surface area contributed by atoms with Gasteiger partial charge in [-0.1, -0.05) is 6.07 Å². The lowest BCUT2D eigenvalue weighted by molar-refractivity contribution is 0.472. The Kier molecular flexibility index (Phi) is 3.94. The second kappa shape index (κ2) is 6.39. The number of pyridine rings is 2. The highest BCUT2D eigenvalue weighted by Gasteiger charge is 2.25. The molecule has 122 valence electrons. The maximum atomic E-state index is 4.65. The van der Waals surface area contributed by atoms with Crippen LogP contribution in [0.1, 0.15) is 24.6 Å². The fourth-order valence-electron chi connectivity index (χ4n) is 3.41. The molecular formula is C18H20N6. The van der Waals surface area contributed by atoms with Gasteiger partial charge in [-0.3, -0.25) is 4.98 Å². The van der Waals surface area contributed by atoms with Gasteiger partial charge in [0.1, 0.15) is 18.0 Å². The van der Waals surface area contributed by atoms with E-state index < -0.39 is 0 Å². The molecular weight excluding hydrogens is 300 g/mol. The summed E-state index contributed by atoms with van der Waals surface area (Å²) in [4.78, 5) is 11.3. The Labute approximate surface area is 141 Å². The van der Waals surface area contributed by atoms with E-state index in [1.54, 1.807) is 12.5 Å². The second-order valence-electron chi connectivity index (χ2n) is 6.18. The molecule has 3 aromatic rings. The van der Waals surface area contributed by atoms with Crippen LogP contribution in [0.2, 0.25) is 0 Å². The lowest BCUT2D eigenvalue weighted by Gasteiger charge is -2.33. The molecule has 4 heterocycles. The van der Waals surface area contributed by atoms with Crippen LogP contribution < -0.4 is 4.90 Å². The summed E-state index contributed by atoms with van der Waals surface area (Å²) in [5.41, 5.74) is 2.25. The summed E-state index contributed by atoms with van der Waals surface area (Å²) in [6.45, 7) is 1.95. The van der Waals surface area contributed by atoms with Crippen LogP contribution in [0.25, 0.3) is 11.1 Å². The van der Waals surface area contributed by atoms with E-state index in [4.69, 9.17) is 0 Å². The summed E-state index contributed by atoms with van der Waals surface area (Å²) >= 11 is 0. The molecule has 0 aromatic carbocycles. The molecule has 24 heavy (non-hydrogen) atoms. The molecule has 0 radical (unpaired) electrons. The molecule has 0 spiro atoms. The van der Waals surface area contributed by atoms with Crippen LogP contribution >= 0.6 is 0 Å². The third-order valence-corrected chi connectivity index (χ3v) is 4.67. The first-order valence-electron chi connectivity index (χ1n) is 8.27. The molecule has 0 N–H and O–H groups in total. The maximum absolute atomic E-state index is 4.65. The molecule has 0 aliphatic carbocycles. The van der Waals surface area contributed by atoms with Gasteiger partial charge in [-0.2, -0.15) is 0 Å². The first-order valence-corrected chi connectivity index (χ1v) is 8.27. The van der Waals surface area contributed by atoms with Crippen molar-refractivity contribution in [3.05, 3.63) is 55.0 Å². The summed E-state index contributed by atoms with van der Waals surface area (Å²) < 4.78 is 2.03. The highest BCUT2D eigenvalue weighted by atomic mass is 15.3. The van der Waals surface area contributed by atoms with E-state index in [9.17, 15) is 0 Å². The number of aryl methyl sites for hydroxylation is 1. The molecule has 0 amide bonds. The van der Waals surface area contributed by atoms with E-state index in [0.29, 0.717) is 5.92 Å². The molecule has 0 atom stereocenters. The van der Waals surface area contributed by atoms with Crippen molar-refractivity contribution in [3.8, 4) is 11.1 Å². The summed E-state index contributed by atoms with van der Waals surface area (Å²) in [6, 6.07) is 8.15. The summed E-state index contributed by atoms with van der Waals surface area (Å²) in [5, 5.41) is 8.28. The van der Waals surface area contributed by atoms with Crippen molar-refractivity contribution in [1.29, 1.82) is 0 Å². The number of hydrogen-bond acceptors (Lipinski definition) is 5. The third kappa shape index (κ3) is 2.75. The maximum Gasteiger partial charge on any atom is 0.136 e. The minimum Gasteiger partial charge on any atom is -0.356 e. The van der Waals surface area contributed by atoms with Crippen LogP contribution in [0.5, 0.6) is 0 Å². The molecule has 1 saturated heterocycles. The molecule has 3 aromatic heterocycles. The number of hydrogen-bond donors (Lipinski definition) is 0. The average molecular weight is 320 g/mol. The largest absolute Gasteiger partial charge is 0.356 e. The average Bonchev–Trinajstić information content (AvgIpc) is 3.09. The summed E-state index contributed by atoms with van der Waals surface area (Å²) in [5.74, 6) is 2.60. The summed E-state index contributed by atoms with van der Waals surface area (Å²) in [6.07, 6.45) is 9.47. The normalized spacial score (nSPS) is 15.6. The third-order valence-electron chi connectivity index (χ3n) is 4.67. The Balaban J connectivity index is 1.55. The standard InChI is InChI=1S/C18H20N6/c1-23-13-21-22-17(23)14-6-10-24(11-7-14)18-16(5-3-9-20-18)15-4-2-8-19-12-15/h2-5,8-9,12-14H,6-7,10-11H2,1H3. The van der Waals surface area contributed by atoms with E-state index in [2.05, 4.69) is 37.2 Å². The predicted octanol–water partition coefficient (Wildman–Crippen LogP) is 2.66. The monoisotopic (exact) mass is 320 g/mol. The molecule has 6 heteroatoms. The summed E-state index contributed by atoms with van der Waals surface area (Å²) in [7, 11) is 2.01. The van der Waals surface area contributed by atoms with Crippen molar-refractivity contribution >= 4 is 5.82 Å². The lowest BCUT2D eigenvalue weighted by Crippen LogP contribution is -2.34. The molecule has 1 aliphatic rings. The van der Waals surface area contributed by atoms with Crippen LogP contribution in [-0.4, -0.2) is 37.8 Å². The van der Waals surface area contributed by atoms with Gasteiger partial charge in [0.2, 0.25) is 0 Å². The van der Waals surface area contributed by atoms with Gasteiger partial charge < -0.3 is 9.47 Å². The van der Waals surface area contributed by atoms with Gasteiger partial charge in [0.25, 0.3) is 0 Å². The Morgan fingerprint density at radius 3 is 2.62 bits per heavy atom. The van der Waals surface area contributed by atoms with Gasteiger partial charge in [0.05, 0.1) is 0 Å². The Morgan fingerprint density at radius 1 is 1.08 bits per heavy atom. The fourth-order valence-corrected chi connectivity index (χ4v) is 3.41. The zero-order chi connectivity index (χ0) is 16.4. The number of anilines is 1. The van der Waals surface area contributed by atoms with Crippen LogP contribution in [-0.2, 0) is 7.05 Å². The SMILES string of the molecule is Cn1cnnc1C1CCN(c2ncccc2-c2cccnc2)CC1. The number of aromatic nitrogens is 5. The van der Waals surface area contributed by atoms with Crippen LogP contribution in [0.3, 0.4) is 0 Å².